The largest absolute Gasteiger partial charge is 0.339 e. The van der Waals surface area contributed by atoms with Gasteiger partial charge in [0.1, 0.15) is 0 Å². The third kappa shape index (κ3) is 3.42. The summed E-state index contributed by atoms with van der Waals surface area (Å²) in [5, 5.41) is 0. The van der Waals surface area contributed by atoms with Crippen LogP contribution in [-0.2, 0) is 4.79 Å². The van der Waals surface area contributed by atoms with Gasteiger partial charge < -0.3 is 10.6 Å². The van der Waals surface area contributed by atoms with Crippen molar-refractivity contribution in [3.63, 3.8) is 0 Å². The Morgan fingerprint density at radius 1 is 1.35 bits per heavy atom. The average molecular weight is 241 g/mol. The lowest BCUT2D eigenvalue weighted by Gasteiger charge is -2.43. The molecule has 4 nitrogen and oxygen atoms in total. The smallest absolute Gasteiger partial charge is 0.227 e. The van der Waals surface area contributed by atoms with Crippen LogP contribution in [0.25, 0.3) is 0 Å². The van der Waals surface area contributed by atoms with Gasteiger partial charge in [0.25, 0.3) is 0 Å². The fourth-order valence-corrected chi connectivity index (χ4v) is 2.53. The Labute approximate surface area is 105 Å². The molecule has 1 heterocycles. The van der Waals surface area contributed by atoms with E-state index in [-0.39, 0.29) is 11.8 Å². The Bertz CT molecular complexity index is 245. The summed E-state index contributed by atoms with van der Waals surface area (Å²) in [5.74, 6) is 0.268. The second-order valence-corrected chi connectivity index (χ2v) is 5.33. The molecular formula is C13H27N3O. The molecule has 0 radical (unpaired) electrons. The lowest BCUT2D eigenvalue weighted by molar-refractivity contribution is -0.139. The van der Waals surface area contributed by atoms with Crippen molar-refractivity contribution in [1.29, 1.82) is 0 Å². The SMILES string of the molecule is CCCC(CN)C(=O)N1CC(C)N(C)C(C)C1. The molecular weight excluding hydrogens is 214 g/mol. The fraction of sp³-hybridized carbons (Fsp3) is 0.923. The molecule has 0 saturated carbocycles. The number of piperazine rings is 1. The standard InChI is InChI=1S/C13H27N3O/c1-5-6-12(7-14)13(17)16-8-10(2)15(4)11(3)9-16/h10-12H,5-9,14H2,1-4H3. The van der Waals surface area contributed by atoms with Crippen molar-refractivity contribution in [3.8, 4) is 0 Å². The zero-order valence-electron chi connectivity index (χ0n) is 11.6. The Morgan fingerprint density at radius 2 is 1.88 bits per heavy atom. The van der Waals surface area contributed by atoms with Crippen molar-refractivity contribution in [2.75, 3.05) is 26.7 Å². The number of likely N-dealkylation sites (N-methyl/N-ethyl adjacent to an activating group) is 1. The fourth-order valence-electron chi connectivity index (χ4n) is 2.53. The Kier molecular flexibility index (Phi) is 5.40. The van der Waals surface area contributed by atoms with Gasteiger partial charge >= 0.3 is 0 Å². The van der Waals surface area contributed by atoms with Gasteiger partial charge in [-0.3, -0.25) is 9.69 Å². The maximum absolute atomic E-state index is 12.3. The molecule has 4 heteroatoms. The number of carbonyl (C=O) groups excluding carboxylic acids is 1. The lowest BCUT2D eigenvalue weighted by Crippen LogP contribution is -2.57. The van der Waals surface area contributed by atoms with E-state index >= 15 is 0 Å². The molecule has 1 saturated heterocycles. The van der Waals surface area contributed by atoms with Crippen LogP contribution in [0.5, 0.6) is 0 Å². The van der Waals surface area contributed by atoms with Gasteiger partial charge in [-0.15, -0.1) is 0 Å². The van der Waals surface area contributed by atoms with Crippen molar-refractivity contribution in [3.05, 3.63) is 0 Å². The molecule has 0 aromatic carbocycles. The van der Waals surface area contributed by atoms with Gasteiger partial charge in [0.05, 0.1) is 5.92 Å². The third-order valence-corrected chi connectivity index (χ3v) is 3.94. The lowest BCUT2D eigenvalue weighted by atomic mass is 10.00. The molecule has 3 atom stereocenters. The van der Waals surface area contributed by atoms with Gasteiger partial charge in [-0.25, -0.2) is 0 Å². The van der Waals surface area contributed by atoms with E-state index in [1.807, 2.05) is 4.90 Å². The van der Waals surface area contributed by atoms with Crippen LogP contribution in [0.1, 0.15) is 33.6 Å². The van der Waals surface area contributed by atoms with E-state index in [9.17, 15) is 4.79 Å². The molecule has 0 aromatic rings. The number of carbonyl (C=O) groups is 1. The van der Waals surface area contributed by atoms with E-state index < -0.39 is 0 Å². The summed E-state index contributed by atoms with van der Waals surface area (Å²) in [4.78, 5) is 16.7. The molecule has 100 valence electrons. The number of amides is 1. The minimum atomic E-state index is 0.0165. The molecule has 1 fully saturated rings. The van der Waals surface area contributed by atoms with Crippen molar-refractivity contribution < 1.29 is 4.79 Å². The molecule has 1 rings (SSSR count). The first-order valence-electron chi connectivity index (χ1n) is 6.72. The molecule has 3 unspecified atom stereocenters. The number of nitrogens with two attached hydrogens (primary N) is 1. The number of hydrogen-bond acceptors (Lipinski definition) is 3. The monoisotopic (exact) mass is 241 g/mol. The summed E-state index contributed by atoms with van der Waals surface area (Å²) < 4.78 is 0. The van der Waals surface area contributed by atoms with E-state index in [2.05, 4.69) is 32.7 Å². The summed E-state index contributed by atoms with van der Waals surface area (Å²) in [6.45, 7) is 8.59. The van der Waals surface area contributed by atoms with Gasteiger partial charge in [-0.1, -0.05) is 13.3 Å². The predicted octanol–water partition coefficient (Wildman–Crippen LogP) is 0.912. The molecule has 0 spiro atoms. The van der Waals surface area contributed by atoms with Crippen molar-refractivity contribution in [2.45, 2.75) is 45.7 Å². The highest BCUT2D eigenvalue weighted by atomic mass is 16.2. The molecule has 0 aliphatic carbocycles. The maximum atomic E-state index is 12.3. The van der Waals surface area contributed by atoms with E-state index in [0.29, 0.717) is 18.6 Å². The van der Waals surface area contributed by atoms with Crippen LogP contribution in [0.15, 0.2) is 0 Å². The first kappa shape index (κ1) is 14.5. The second-order valence-electron chi connectivity index (χ2n) is 5.33. The van der Waals surface area contributed by atoms with Crippen LogP contribution in [-0.4, -0.2) is 54.5 Å². The van der Waals surface area contributed by atoms with E-state index in [4.69, 9.17) is 5.73 Å². The van der Waals surface area contributed by atoms with Gasteiger partial charge in [0.15, 0.2) is 0 Å². The number of hydrogen-bond donors (Lipinski definition) is 1. The van der Waals surface area contributed by atoms with Crippen LogP contribution in [0.4, 0.5) is 0 Å². The van der Waals surface area contributed by atoms with Gasteiger partial charge in [0, 0.05) is 31.7 Å². The van der Waals surface area contributed by atoms with Crippen molar-refractivity contribution >= 4 is 5.91 Å². The van der Waals surface area contributed by atoms with Crippen molar-refractivity contribution in [2.24, 2.45) is 11.7 Å². The van der Waals surface area contributed by atoms with E-state index in [0.717, 1.165) is 25.9 Å². The summed E-state index contributed by atoms with van der Waals surface area (Å²) in [6, 6.07) is 0.866. The summed E-state index contributed by atoms with van der Waals surface area (Å²) in [5.41, 5.74) is 5.71. The molecule has 1 aliphatic heterocycles. The number of nitrogens with zero attached hydrogens (tertiary/aromatic N) is 2. The highest BCUT2D eigenvalue weighted by Crippen LogP contribution is 2.17. The summed E-state index contributed by atoms with van der Waals surface area (Å²) in [7, 11) is 2.13. The predicted molar refractivity (Wildman–Crippen MR) is 70.7 cm³/mol. The minimum Gasteiger partial charge on any atom is -0.339 e. The molecule has 1 aliphatic rings. The normalized spacial score (nSPS) is 28.2. The van der Waals surface area contributed by atoms with Crippen molar-refractivity contribution in [1.82, 2.24) is 9.80 Å². The topological polar surface area (TPSA) is 49.6 Å². The first-order valence-corrected chi connectivity index (χ1v) is 6.72. The van der Waals surface area contributed by atoms with E-state index in [1.165, 1.54) is 0 Å². The van der Waals surface area contributed by atoms with Crippen LogP contribution in [0, 0.1) is 5.92 Å². The van der Waals surface area contributed by atoms with Crippen LogP contribution >= 0.6 is 0 Å². The highest BCUT2D eigenvalue weighted by Gasteiger charge is 2.31. The molecule has 2 N–H and O–H groups in total. The Hall–Kier alpha value is -0.610. The maximum Gasteiger partial charge on any atom is 0.227 e. The van der Waals surface area contributed by atoms with Gasteiger partial charge in [0.2, 0.25) is 5.91 Å². The molecule has 17 heavy (non-hydrogen) atoms. The molecule has 1 amide bonds. The van der Waals surface area contributed by atoms with Crippen LogP contribution in [0.3, 0.4) is 0 Å². The summed E-state index contributed by atoms with van der Waals surface area (Å²) in [6.07, 6.45) is 1.93. The second kappa shape index (κ2) is 6.36. The zero-order valence-corrected chi connectivity index (χ0v) is 11.6. The van der Waals surface area contributed by atoms with Gasteiger partial charge in [-0.05, 0) is 27.3 Å². The first-order chi connectivity index (χ1) is 8.01. The molecule has 0 bridgehead atoms. The molecule has 0 aromatic heterocycles. The third-order valence-electron chi connectivity index (χ3n) is 3.94. The van der Waals surface area contributed by atoms with E-state index in [1.54, 1.807) is 0 Å². The zero-order chi connectivity index (χ0) is 13.0. The Balaban J connectivity index is 2.63. The number of rotatable bonds is 4. The van der Waals surface area contributed by atoms with Gasteiger partial charge in [-0.2, -0.15) is 0 Å². The highest BCUT2D eigenvalue weighted by molar-refractivity contribution is 5.79. The average Bonchev–Trinajstić information content (AvgIpc) is 2.31. The van der Waals surface area contributed by atoms with Crippen LogP contribution < -0.4 is 5.73 Å². The summed E-state index contributed by atoms with van der Waals surface area (Å²) >= 11 is 0. The van der Waals surface area contributed by atoms with Crippen LogP contribution in [0.2, 0.25) is 0 Å². The minimum absolute atomic E-state index is 0.0165. The Morgan fingerprint density at radius 3 is 2.29 bits per heavy atom. The quantitative estimate of drug-likeness (QED) is 0.796.